The van der Waals surface area contributed by atoms with Gasteiger partial charge in [-0.05, 0) is 103 Å². The zero-order chi connectivity index (χ0) is 37.5. The third-order valence-electron chi connectivity index (χ3n) is 8.84. The van der Waals surface area contributed by atoms with Crippen molar-refractivity contribution in [2.45, 2.75) is 91.5 Å². The predicted molar refractivity (Wildman–Crippen MR) is 206 cm³/mol. The number of alkyl carbamates (subject to hydrolysis) is 2. The quantitative estimate of drug-likeness (QED) is 0.157. The van der Waals surface area contributed by atoms with Crippen molar-refractivity contribution in [1.82, 2.24) is 20.6 Å². The van der Waals surface area contributed by atoms with Crippen molar-refractivity contribution < 1.29 is 19.1 Å². The van der Waals surface area contributed by atoms with Crippen LogP contribution >= 0.6 is 0 Å². The number of aryl methyl sites for hydroxylation is 2. The van der Waals surface area contributed by atoms with Gasteiger partial charge in [-0.2, -0.15) is 0 Å². The molecular formula is C42H54N6O4. The number of hydrogen-bond acceptors (Lipinski definition) is 8. The Kier molecular flexibility index (Phi) is 12.1. The summed E-state index contributed by atoms with van der Waals surface area (Å²) in [6, 6.07) is 24.0. The number of nitrogens with one attached hydrogen (secondary N) is 4. The molecule has 2 aliphatic rings. The minimum atomic E-state index is -0.526. The van der Waals surface area contributed by atoms with Crippen LogP contribution in [0.15, 0.2) is 85.2 Å². The van der Waals surface area contributed by atoms with Crippen LogP contribution in [0.3, 0.4) is 0 Å². The summed E-state index contributed by atoms with van der Waals surface area (Å²) in [4.78, 5) is 34.0. The van der Waals surface area contributed by atoms with Gasteiger partial charge in [0.05, 0.1) is 34.8 Å². The molecular weight excluding hydrogens is 652 g/mol. The number of amides is 2. The summed E-state index contributed by atoms with van der Waals surface area (Å²) in [7, 11) is 0. The molecule has 0 fully saturated rings. The SMILES string of the molecule is Cc1cnc2c(c1)NC[C@@H]([C@H](NC(=O)OC(C)(C)C)c1ccccc1)C2.Cc1cnc2c(c1)NC[C@H]([C@H](NC(=O)OC(C)(C)C)c1ccccc1)C2. The van der Waals surface area contributed by atoms with Crippen LogP contribution in [0.5, 0.6) is 0 Å². The zero-order valence-electron chi connectivity index (χ0n) is 31.7. The van der Waals surface area contributed by atoms with Crippen molar-refractivity contribution in [3.8, 4) is 0 Å². The lowest BCUT2D eigenvalue weighted by Crippen LogP contribution is -2.41. The van der Waals surface area contributed by atoms with Crippen molar-refractivity contribution in [3.05, 3.63) is 119 Å². The lowest BCUT2D eigenvalue weighted by molar-refractivity contribution is 0.0474. The van der Waals surface area contributed by atoms with Crippen molar-refractivity contribution in [2.24, 2.45) is 11.8 Å². The third kappa shape index (κ3) is 10.9. The van der Waals surface area contributed by atoms with Gasteiger partial charge in [0.2, 0.25) is 0 Å². The van der Waals surface area contributed by atoms with Crippen LogP contribution in [-0.2, 0) is 22.3 Å². The van der Waals surface area contributed by atoms with Crippen molar-refractivity contribution in [3.63, 3.8) is 0 Å². The van der Waals surface area contributed by atoms with Crippen LogP contribution in [0.25, 0.3) is 0 Å². The highest BCUT2D eigenvalue weighted by atomic mass is 16.6. The second-order valence-electron chi connectivity index (χ2n) is 15.8. The minimum Gasteiger partial charge on any atom is -0.444 e. The first kappa shape index (κ1) is 38.1. The summed E-state index contributed by atoms with van der Waals surface area (Å²) in [5, 5.41) is 13.1. The van der Waals surface area contributed by atoms with Gasteiger partial charge in [0.15, 0.2) is 0 Å². The molecule has 4 heterocycles. The Labute approximate surface area is 308 Å². The van der Waals surface area contributed by atoms with Gasteiger partial charge >= 0.3 is 12.2 Å². The van der Waals surface area contributed by atoms with Gasteiger partial charge in [-0.15, -0.1) is 0 Å². The average Bonchev–Trinajstić information content (AvgIpc) is 3.09. The number of carbonyl (C=O) groups is 2. The van der Waals surface area contributed by atoms with Crippen molar-refractivity contribution in [2.75, 3.05) is 23.7 Å². The van der Waals surface area contributed by atoms with Gasteiger partial charge in [0.1, 0.15) is 11.2 Å². The lowest BCUT2D eigenvalue weighted by Gasteiger charge is -2.33. The van der Waals surface area contributed by atoms with E-state index in [0.29, 0.717) is 0 Å². The first-order chi connectivity index (χ1) is 24.6. The Balaban J connectivity index is 0.000000201. The van der Waals surface area contributed by atoms with E-state index < -0.39 is 23.4 Å². The molecule has 4 N–H and O–H groups in total. The molecule has 0 radical (unpaired) electrons. The molecule has 10 heteroatoms. The highest BCUT2D eigenvalue weighted by Gasteiger charge is 2.32. The number of aromatic nitrogens is 2. The second-order valence-corrected chi connectivity index (χ2v) is 15.8. The maximum Gasteiger partial charge on any atom is 0.408 e. The number of hydrogen-bond donors (Lipinski definition) is 4. The molecule has 2 amide bonds. The van der Waals surface area contributed by atoms with Crippen LogP contribution in [0.4, 0.5) is 21.0 Å². The fourth-order valence-corrected chi connectivity index (χ4v) is 6.56. The van der Waals surface area contributed by atoms with E-state index in [2.05, 4.69) is 43.4 Å². The molecule has 4 aromatic rings. The number of carbonyl (C=O) groups excluding carboxylic acids is 2. The molecule has 0 unspecified atom stereocenters. The van der Waals surface area contributed by atoms with Gasteiger partial charge in [-0.3, -0.25) is 9.97 Å². The molecule has 0 spiro atoms. The Morgan fingerprint density at radius 1 is 0.654 bits per heavy atom. The summed E-state index contributed by atoms with van der Waals surface area (Å²) < 4.78 is 11.0. The molecule has 2 aromatic carbocycles. The molecule has 10 nitrogen and oxygen atoms in total. The van der Waals surface area contributed by atoms with E-state index >= 15 is 0 Å². The monoisotopic (exact) mass is 706 g/mol. The highest BCUT2D eigenvalue weighted by molar-refractivity contribution is 5.69. The van der Waals surface area contributed by atoms with Crippen molar-refractivity contribution in [1.29, 1.82) is 0 Å². The molecule has 2 aromatic heterocycles. The molecule has 0 saturated heterocycles. The second kappa shape index (κ2) is 16.5. The van der Waals surface area contributed by atoms with E-state index in [4.69, 9.17) is 9.47 Å². The van der Waals surface area contributed by atoms with Crippen LogP contribution < -0.4 is 21.3 Å². The molecule has 4 atom stereocenters. The van der Waals surface area contributed by atoms with Gasteiger partial charge in [0.25, 0.3) is 0 Å². The van der Waals surface area contributed by atoms with E-state index in [1.807, 2.05) is 128 Å². The molecule has 2 aliphatic heterocycles. The molecule has 0 saturated carbocycles. The molecule has 0 aliphatic carbocycles. The fraction of sp³-hybridized carbons (Fsp3) is 0.429. The number of pyridine rings is 2. The Morgan fingerprint density at radius 2 is 1.02 bits per heavy atom. The number of fused-ring (bicyclic) bond motifs is 2. The maximum atomic E-state index is 12.4. The number of benzene rings is 2. The third-order valence-corrected chi connectivity index (χ3v) is 8.84. The van der Waals surface area contributed by atoms with Crippen molar-refractivity contribution >= 4 is 23.6 Å². The maximum absolute atomic E-state index is 12.4. The summed E-state index contributed by atoms with van der Waals surface area (Å²) in [6.45, 7) is 16.8. The molecule has 0 bridgehead atoms. The zero-order valence-corrected chi connectivity index (χ0v) is 31.7. The Hall–Kier alpha value is -5.12. The number of rotatable bonds is 6. The average molecular weight is 707 g/mol. The molecule has 6 rings (SSSR count). The standard InChI is InChI=1S/2C21H27N3O2/c2*1-14-10-17-18(22-12-14)11-16(13-23-17)19(15-8-6-5-7-9-15)24-20(25)26-21(2,3)4/h2*5-10,12,16,19,23H,11,13H2,1-4H3,(H,24,25)/t16-,19+;16-,19-/m01/s1. The fourth-order valence-electron chi connectivity index (χ4n) is 6.56. The first-order valence-electron chi connectivity index (χ1n) is 18.1. The normalized spacial score (nSPS) is 17.6. The topological polar surface area (TPSA) is 127 Å². The van der Waals surface area contributed by atoms with E-state index in [0.717, 1.165) is 70.9 Å². The highest BCUT2D eigenvalue weighted by Crippen LogP contribution is 2.33. The van der Waals surface area contributed by atoms with E-state index in [-0.39, 0.29) is 23.9 Å². The van der Waals surface area contributed by atoms with Crippen LogP contribution in [0.2, 0.25) is 0 Å². The van der Waals surface area contributed by atoms with Gasteiger partial charge < -0.3 is 30.7 Å². The smallest absolute Gasteiger partial charge is 0.408 e. The van der Waals surface area contributed by atoms with Crippen LogP contribution in [0.1, 0.15) is 87.3 Å². The number of ether oxygens (including phenoxy) is 2. The van der Waals surface area contributed by atoms with Gasteiger partial charge in [0, 0.05) is 37.3 Å². The summed E-state index contributed by atoms with van der Waals surface area (Å²) in [5.74, 6) is 0.375. The van der Waals surface area contributed by atoms with Gasteiger partial charge in [-0.1, -0.05) is 60.7 Å². The van der Waals surface area contributed by atoms with E-state index in [1.165, 1.54) is 0 Å². The number of nitrogens with zero attached hydrogens (tertiary/aromatic N) is 2. The first-order valence-corrected chi connectivity index (χ1v) is 18.1. The molecule has 276 valence electrons. The minimum absolute atomic E-state index is 0.144. The molecule has 52 heavy (non-hydrogen) atoms. The Morgan fingerprint density at radius 3 is 1.37 bits per heavy atom. The number of anilines is 2. The predicted octanol–water partition coefficient (Wildman–Crippen LogP) is 8.48. The lowest BCUT2D eigenvalue weighted by atomic mass is 9.86. The Bertz CT molecular complexity index is 1670. The van der Waals surface area contributed by atoms with Crippen LogP contribution in [0, 0.1) is 25.7 Å². The van der Waals surface area contributed by atoms with E-state index in [9.17, 15) is 9.59 Å². The summed E-state index contributed by atoms with van der Waals surface area (Å²) in [6.07, 6.45) is 4.60. The summed E-state index contributed by atoms with van der Waals surface area (Å²) in [5.41, 5.74) is 7.63. The van der Waals surface area contributed by atoms with Gasteiger partial charge in [-0.25, -0.2) is 9.59 Å². The largest absolute Gasteiger partial charge is 0.444 e. The van der Waals surface area contributed by atoms with E-state index in [1.54, 1.807) is 0 Å². The summed E-state index contributed by atoms with van der Waals surface area (Å²) >= 11 is 0. The van der Waals surface area contributed by atoms with Crippen LogP contribution in [-0.4, -0.2) is 46.4 Å².